The van der Waals surface area contributed by atoms with E-state index in [2.05, 4.69) is 0 Å². The average Bonchev–Trinajstić information content (AvgIpc) is 2.86. The molecule has 7 heteroatoms. The summed E-state index contributed by atoms with van der Waals surface area (Å²) in [5.41, 5.74) is -0.601. The van der Waals surface area contributed by atoms with Crippen LogP contribution in [0.5, 0.6) is 0 Å². The maximum Gasteiger partial charge on any atom is 0.338 e. The van der Waals surface area contributed by atoms with Crippen molar-refractivity contribution in [2.45, 2.75) is 24.7 Å². The van der Waals surface area contributed by atoms with Gasteiger partial charge in [-0.2, -0.15) is 4.31 Å². The van der Waals surface area contributed by atoms with Crippen LogP contribution in [-0.2, 0) is 10.0 Å². The van der Waals surface area contributed by atoms with E-state index < -0.39 is 27.4 Å². The summed E-state index contributed by atoms with van der Waals surface area (Å²) in [6.07, 6.45) is 1.57. The molecule has 104 valence electrons. The zero-order valence-corrected chi connectivity index (χ0v) is 11.2. The van der Waals surface area contributed by atoms with Gasteiger partial charge in [-0.05, 0) is 37.5 Å². The highest BCUT2D eigenvalue weighted by Crippen LogP contribution is 2.24. The molecule has 1 saturated heterocycles. The molecule has 0 spiro atoms. The summed E-state index contributed by atoms with van der Waals surface area (Å²) < 4.78 is 39.5. The Morgan fingerprint density at radius 2 is 1.89 bits per heavy atom. The topological polar surface area (TPSA) is 74.7 Å². The number of carbonyl (C=O) groups is 1. The fourth-order valence-corrected chi connectivity index (χ4v) is 3.75. The molecule has 1 fully saturated rings. The molecule has 0 bridgehead atoms. The predicted octanol–water partition coefficient (Wildman–Crippen LogP) is 1.62. The molecule has 2 rings (SSSR count). The van der Waals surface area contributed by atoms with Crippen molar-refractivity contribution < 1.29 is 22.7 Å². The summed E-state index contributed by atoms with van der Waals surface area (Å²) in [5, 5.41) is 8.90. The minimum absolute atomic E-state index is 0.0117. The molecule has 1 aromatic carbocycles. The smallest absolute Gasteiger partial charge is 0.338 e. The van der Waals surface area contributed by atoms with Crippen LogP contribution >= 0.6 is 0 Å². The molecule has 5 nitrogen and oxygen atoms in total. The highest BCUT2D eigenvalue weighted by Gasteiger charge is 2.29. The van der Waals surface area contributed by atoms with Gasteiger partial charge in [0, 0.05) is 13.1 Å². The summed E-state index contributed by atoms with van der Waals surface area (Å²) in [7, 11) is -3.73. The molecular formula is C12H14FNO4S. The summed E-state index contributed by atoms with van der Waals surface area (Å²) in [6.45, 7) is 2.19. The minimum atomic E-state index is -3.73. The zero-order valence-electron chi connectivity index (χ0n) is 10.4. The molecule has 1 N–H and O–H groups in total. The molecule has 0 radical (unpaired) electrons. The van der Waals surface area contributed by atoms with E-state index in [-0.39, 0.29) is 10.5 Å². The molecule has 0 unspecified atom stereocenters. The number of aromatic carboxylic acids is 1. The Morgan fingerprint density at radius 1 is 1.32 bits per heavy atom. The van der Waals surface area contributed by atoms with Crippen LogP contribution in [0.25, 0.3) is 0 Å². The van der Waals surface area contributed by atoms with Crippen LogP contribution in [0.4, 0.5) is 4.39 Å². The number of halogens is 1. The van der Waals surface area contributed by atoms with Gasteiger partial charge in [0.05, 0.1) is 10.5 Å². The molecule has 0 aromatic heterocycles. The van der Waals surface area contributed by atoms with Gasteiger partial charge in [-0.15, -0.1) is 0 Å². The molecular weight excluding hydrogens is 273 g/mol. The van der Waals surface area contributed by atoms with Crippen LogP contribution in [0, 0.1) is 12.7 Å². The van der Waals surface area contributed by atoms with Gasteiger partial charge >= 0.3 is 5.97 Å². The van der Waals surface area contributed by atoms with Crippen LogP contribution in [0.2, 0.25) is 0 Å². The Kier molecular flexibility index (Phi) is 3.60. The third kappa shape index (κ3) is 2.48. The van der Waals surface area contributed by atoms with Crippen molar-refractivity contribution in [1.82, 2.24) is 4.31 Å². The van der Waals surface area contributed by atoms with E-state index in [1.807, 2.05) is 0 Å². The molecule has 1 aromatic rings. The van der Waals surface area contributed by atoms with Gasteiger partial charge in [-0.3, -0.25) is 0 Å². The Labute approximate surface area is 110 Å². The van der Waals surface area contributed by atoms with Crippen LogP contribution < -0.4 is 0 Å². The highest BCUT2D eigenvalue weighted by molar-refractivity contribution is 7.89. The number of nitrogens with zero attached hydrogens (tertiary/aromatic N) is 1. The molecule has 19 heavy (non-hydrogen) atoms. The molecule has 0 aliphatic carbocycles. The Balaban J connectivity index is 2.54. The van der Waals surface area contributed by atoms with E-state index >= 15 is 0 Å². The summed E-state index contributed by atoms with van der Waals surface area (Å²) in [6, 6.07) is 2.06. The lowest BCUT2D eigenvalue weighted by Gasteiger charge is -2.16. The summed E-state index contributed by atoms with van der Waals surface area (Å²) in [4.78, 5) is 10.8. The fraction of sp³-hybridized carbons (Fsp3) is 0.417. The third-order valence-corrected chi connectivity index (χ3v) is 5.04. The molecule has 1 heterocycles. The lowest BCUT2D eigenvalue weighted by Crippen LogP contribution is -2.28. The number of carboxylic acid groups (broad SMARTS) is 1. The SMILES string of the molecule is Cc1cc(S(=O)(=O)N2CCCC2)cc(C(=O)O)c1F. The lowest BCUT2D eigenvalue weighted by molar-refractivity contribution is 0.0691. The minimum Gasteiger partial charge on any atom is -0.478 e. The van der Waals surface area contributed by atoms with E-state index in [0.717, 1.165) is 18.9 Å². The third-order valence-electron chi connectivity index (χ3n) is 3.16. The van der Waals surface area contributed by atoms with Gasteiger partial charge in [0.15, 0.2) is 0 Å². The van der Waals surface area contributed by atoms with Gasteiger partial charge in [0.1, 0.15) is 5.82 Å². The van der Waals surface area contributed by atoms with E-state index in [1.54, 1.807) is 0 Å². The average molecular weight is 287 g/mol. The second kappa shape index (κ2) is 4.90. The van der Waals surface area contributed by atoms with Crippen LogP contribution in [0.1, 0.15) is 28.8 Å². The van der Waals surface area contributed by atoms with Crippen molar-refractivity contribution >= 4 is 16.0 Å². The van der Waals surface area contributed by atoms with Crippen molar-refractivity contribution in [1.29, 1.82) is 0 Å². The van der Waals surface area contributed by atoms with Gasteiger partial charge in [-0.25, -0.2) is 17.6 Å². The van der Waals surface area contributed by atoms with Crippen molar-refractivity contribution in [3.05, 3.63) is 29.1 Å². The number of hydrogen-bond acceptors (Lipinski definition) is 3. The van der Waals surface area contributed by atoms with Crippen molar-refractivity contribution in [3.8, 4) is 0 Å². The molecule has 1 aliphatic rings. The van der Waals surface area contributed by atoms with Gasteiger partial charge in [0.25, 0.3) is 0 Å². The first kappa shape index (κ1) is 14.0. The predicted molar refractivity (Wildman–Crippen MR) is 66.1 cm³/mol. The zero-order chi connectivity index (χ0) is 14.2. The van der Waals surface area contributed by atoms with Gasteiger partial charge in [-0.1, -0.05) is 0 Å². The highest BCUT2D eigenvalue weighted by atomic mass is 32.2. The van der Waals surface area contributed by atoms with Gasteiger partial charge < -0.3 is 5.11 Å². The van der Waals surface area contributed by atoms with Crippen molar-refractivity contribution in [3.63, 3.8) is 0 Å². The molecule has 1 aliphatic heterocycles. The Bertz CT molecular complexity index is 621. The van der Waals surface area contributed by atoms with E-state index in [0.29, 0.717) is 13.1 Å². The number of hydrogen-bond donors (Lipinski definition) is 1. The second-order valence-electron chi connectivity index (χ2n) is 4.52. The fourth-order valence-electron chi connectivity index (χ4n) is 2.12. The summed E-state index contributed by atoms with van der Waals surface area (Å²) in [5.74, 6) is -2.37. The maximum atomic E-state index is 13.6. The number of rotatable bonds is 3. The Hall–Kier alpha value is -1.47. The lowest BCUT2D eigenvalue weighted by atomic mass is 10.1. The van der Waals surface area contributed by atoms with Gasteiger partial charge in [0.2, 0.25) is 10.0 Å². The van der Waals surface area contributed by atoms with E-state index in [9.17, 15) is 17.6 Å². The molecule has 0 saturated carbocycles. The first-order valence-electron chi connectivity index (χ1n) is 5.87. The van der Waals surface area contributed by atoms with E-state index in [4.69, 9.17) is 5.11 Å². The van der Waals surface area contributed by atoms with Crippen molar-refractivity contribution in [2.24, 2.45) is 0 Å². The monoisotopic (exact) mass is 287 g/mol. The van der Waals surface area contributed by atoms with Crippen LogP contribution in [0.3, 0.4) is 0 Å². The standard InChI is InChI=1S/C12H14FNO4S/c1-8-6-9(7-10(11(8)13)12(15)16)19(17,18)14-4-2-3-5-14/h6-7H,2-5H2,1H3,(H,15,16). The first-order valence-corrected chi connectivity index (χ1v) is 7.31. The maximum absolute atomic E-state index is 13.6. The van der Waals surface area contributed by atoms with Crippen LogP contribution in [-0.4, -0.2) is 36.9 Å². The van der Waals surface area contributed by atoms with Crippen molar-refractivity contribution in [2.75, 3.05) is 13.1 Å². The van der Waals surface area contributed by atoms with Crippen LogP contribution in [0.15, 0.2) is 17.0 Å². The number of sulfonamides is 1. The largest absolute Gasteiger partial charge is 0.478 e. The van der Waals surface area contributed by atoms with E-state index in [1.165, 1.54) is 17.3 Å². The number of benzene rings is 1. The molecule has 0 amide bonds. The molecule has 0 atom stereocenters. The second-order valence-corrected chi connectivity index (χ2v) is 6.46. The number of carboxylic acids is 1. The summed E-state index contributed by atoms with van der Waals surface area (Å²) >= 11 is 0. The Morgan fingerprint density at radius 3 is 2.42 bits per heavy atom. The normalized spacial score (nSPS) is 16.7. The quantitative estimate of drug-likeness (QED) is 0.916. The number of aryl methyl sites for hydroxylation is 1. The first-order chi connectivity index (χ1) is 8.84.